The Kier molecular flexibility index (Phi) is 16.4. The average Bonchev–Trinajstić information content (AvgIpc) is 2.99. The second-order valence-electron chi connectivity index (χ2n) is 8.70. The summed E-state index contributed by atoms with van der Waals surface area (Å²) in [4.78, 5) is 9.01. The fourth-order valence-corrected chi connectivity index (χ4v) is 4.64. The van der Waals surface area contributed by atoms with E-state index in [-0.39, 0.29) is 42.7 Å². The second-order valence-corrected chi connectivity index (χ2v) is 9.78. The predicted octanol–water partition coefficient (Wildman–Crippen LogP) is 11.3. The van der Waals surface area contributed by atoms with Crippen molar-refractivity contribution in [2.24, 2.45) is 5.73 Å². The van der Waals surface area contributed by atoms with Crippen molar-refractivity contribution in [3.05, 3.63) is 138 Å². The number of benzene rings is 4. The van der Waals surface area contributed by atoms with Crippen molar-refractivity contribution in [2.45, 2.75) is 27.3 Å². The minimum absolute atomic E-state index is 0. The van der Waals surface area contributed by atoms with Gasteiger partial charge in [0.2, 0.25) is 11.8 Å². The summed E-state index contributed by atoms with van der Waals surface area (Å²) in [5.41, 5.74) is 8.91. The Hall–Kier alpha value is -3.21. The Labute approximate surface area is 289 Å². The van der Waals surface area contributed by atoms with Crippen molar-refractivity contribution in [3.8, 4) is 23.3 Å². The molecule has 2 aromatic heterocycles. The number of para-hydroxylation sites is 4. The number of fused-ring (bicyclic) bond motifs is 2. The van der Waals surface area contributed by atoms with Crippen LogP contribution in [0.5, 0.6) is 23.3 Å². The summed E-state index contributed by atoms with van der Waals surface area (Å²) in [6, 6.07) is 34.2. The summed E-state index contributed by atoms with van der Waals surface area (Å²) in [6.07, 6.45) is 0. The van der Waals surface area contributed by atoms with Crippen molar-refractivity contribution < 1.29 is 29.9 Å². The number of pyridine rings is 2. The largest absolute Gasteiger partial charge is 0.439 e. The zero-order valence-corrected chi connectivity index (χ0v) is 26.4. The number of hydrogen-bond acceptors (Lipinski definition) is 5. The third-order valence-electron chi connectivity index (χ3n) is 5.95. The number of hydrogen-bond donors (Lipinski definition) is 1. The van der Waals surface area contributed by atoms with Gasteiger partial charge in [-0.15, -0.1) is 11.6 Å². The molecule has 234 valence electrons. The van der Waals surface area contributed by atoms with Crippen molar-refractivity contribution in [3.63, 3.8) is 0 Å². The Morgan fingerprint density at radius 3 is 1.41 bits per heavy atom. The van der Waals surface area contributed by atoms with Crippen LogP contribution in [0.4, 0.5) is 0 Å². The van der Waals surface area contributed by atoms with Gasteiger partial charge in [0, 0.05) is 48.9 Å². The molecule has 0 aliphatic heterocycles. The van der Waals surface area contributed by atoms with Gasteiger partial charge in [0.1, 0.15) is 11.5 Å². The molecule has 4 aromatic carbocycles. The molecular formula is C35H35Cl3N3O2Pd-. The van der Waals surface area contributed by atoms with Crippen molar-refractivity contribution >= 4 is 56.6 Å². The summed E-state index contributed by atoms with van der Waals surface area (Å²) in [5.74, 6) is 2.77. The molecule has 0 spiro atoms. The molecule has 2 heterocycles. The standard InChI is InChI=1S/C16H11Cl2NO.C16H13ClN2O.2CH4.CH3.Pd/c17-10-12-9-11-5-4-8-14(18)15(11)19-16(12)20-13-6-2-1-3-7-13;17-14-8-4-5-11-9-12(10-18)16(19-15(11)14)20-13-6-2-1-3-7-13;;;;/h1-9H,10H2;1-9H,10,18H2;2*1H4;1H3;/q;;;;-1;. The average molecular weight is 742 g/mol. The van der Waals surface area contributed by atoms with Gasteiger partial charge in [0.05, 0.1) is 27.0 Å². The number of nitrogens with two attached hydrogens (primary N) is 1. The maximum Gasteiger partial charge on any atom is 0.224 e. The monoisotopic (exact) mass is 740 g/mol. The molecule has 0 atom stereocenters. The van der Waals surface area contributed by atoms with Crippen LogP contribution in [0, 0.1) is 7.43 Å². The van der Waals surface area contributed by atoms with Crippen LogP contribution in [0.25, 0.3) is 21.8 Å². The Morgan fingerprint density at radius 1 is 0.591 bits per heavy atom. The van der Waals surface area contributed by atoms with E-state index >= 15 is 0 Å². The number of aromatic nitrogens is 2. The number of ether oxygens (including phenoxy) is 2. The van der Waals surface area contributed by atoms with Crippen LogP contribution in [0.2, 0.25) is 10.0 Å². The topological polar surface area (TPSA) is 70.3 Å². The summed E-state index contributed by atoms with van der Waals surface area (Å²) >= 11 is 18.3. The van der Waals surface area contributed by atoms with Crippen molar-refractivity contribution in [1.29, 1.82) is 0 Å². The molecule has 0 unspecified atom stereocenters. The van der Waals surface area contributed by atoms with E-state index in [4.69, 9.17) is 50.0 Å². The van der Waals surface area contributed by atoms with E-state index in [0.717, 1.165) is 38.9 Å². The summed E-state index contributed by atoms with van der Waals surface area (Å²) in [5, 5.41) is 3.11. The third-order valence-corrected chi connectivity index (χ3v) is 6.85. The van der Waals surface area contributed by atoms with E-state index in [1.807, 2.05) is 109 Å². The van der Waals surface area contributed by atoms with E-state index < -0.39 is 0 Å². The molecular weight excluding hydrogens is 707 g/mol. The summed E-state index contributed by atoms with van der Waals surface area (Å²) < 4.78 is 11.6. The molecule has 0 aliphatic rings. The normalized spacial score (nSPS) is 9.73. The van der Waals surface area contributed by atoms with Gasteiger partial charge in [-0.2, -0.15) is 0 Å². The van der Waals surface area contributed by atoms with Gasteiger partial charge in [-0.05, 0) is 48.5 Å². The molecule has 6 rings (SSSR count). The van der Waals surface area contributed by atoms with Gasteiger partial charge in [-0.25, -0.2) is 9.97 Å². The van der Waals surface area contributed by atoms with Crippen LogP contribution in [-0.2, 0) is 32.8 Å². The first kappa shape index (κ1) is 38.8. The maximum atomic E-state index is 6.18. The Balaban J connectivity index is 0.000000403. The van der Waals surface area contributed by atoms with Gasteiger partial charge in [-0.1, -0.05) is 98.7 Å². The van der Waals surface area contributed by atoms with Gasteiger partial charge < -0.3 is 22.6 Å². The van der Waals surface area contributed by atoms with Crippen LogP contribution >= 0.6 is 34.8 Å². The third kappa shape index (κ3) is 9.40. The molecule has 6 aromatic rings. The van der Waals surface area contributed by atoms with Gasteiger partial charge >= 0.3 is 0 Å². The summed E-state index contributed by atoms with van der Waals surface area (Å²) in [6.45, 7) is 0.359. The van der Waals surface area contributed by atoms with Crippen molar-refractivity contribution in [2.75, 3.05) is 0 Å². The number of rotatable bonds is 6. The molecule has 0 fully saturated rings. The molecule has 0 bridgehead atoms. The van der Waals surface area contributed by atoms with Gasteiger partial charge in [-0.3, -0.25) is 0 Å². The van der Waals surface area contributed by atoms with Crippen LogP contribution in [0.15, 0.2) is 109 Å². The SMILES string of the molecule is C.C.ClCc1cc2cccc(Cl)c2nc1Oc1ccccc1.NCc1cc2cccc(Cl)c2nc1Oc1ccccc1.[CH3-].[Pd]. The molecule has 0 radical (unpaired) electrons. The minimum Gasteiger partial charge on any atom is -0.439 e. The van der Waals surface area contributed by atoms with E-state index in [9.17, 15) is 0 Å². The van der Waals surface area contributed by atoms with Crippen LogP contribution in [0.1, 0.15) is 26.0 Å². The van der Waals surface area contributed by atoms with E-state index in [0.29, 0.717) is 39.7 Å². The smallest absolute Gasteiger partial charge is 0.224 e. The van der Waals surface area contributed by atoms with Crippen LogP contribution in [-0.4, -0.2) is 9.97 Å². The number of halogens is 3. The fraction of sp³-hybridized carbons (Fsp3) is 0.114. The van der Waals surface area contributed by atoms with E-state index in [2.05, 4.69) is 9.97 Å². The van der Waals surface area contributed by atoms with Crippen LogP contribution < -0.4 is 15.2 Å². The zero-order valence-electron chi connectivity index (χ0n) is 22.5. The first-order valence-electron chi connectivity index (χ1n) is 12.4. The predicted molar refractivity (Wildman–Crippen MR) is 184 cm³/mol. The molecule has 44 heavy (non-hydrogen) atoms. The molecule has 0 saturated carbocycles. The zero-order chi connectivity index (χ0) is 27.9. The first-order chi connectivity index (χ1) is 19.6. The molecule has 5 nitrogen and oxygen atoms in total. The fourth-order valence-electron chi connectivity index (χ4n) is 4.00. The van der Waals surface area contributed by atoms with Gasteiger partial charge in [0.25, 0.3) is 0 Å². The van der Waals surface area contributed by atoms with E-state index in [1.54, 1.807) is 0 Å². The van der Waals surface area contributed by atoms with E-state index in [1.165, 1.54) is 0 Å². The van der Waals surface area contributed by atoms with Gasteiger partial charge in [0.15, 0.2) is 0 Å². The minimum atomic E-state index is 0. The Bertz CT molecular complexity index is 1630. The molecule has 0 aliphatic carbocycles. The van der Waals surface area contributed by atoms with Crippen molar-refractivity contribution in [1.82, 2.24) is 9.97 Å². The first-order valence-corrected chi connectivity index (χ1v) is 13.7. The molecule has 2 N–H and O–H groups in total. The number of nitrogens with zero attached hydrogens (tertiary/aromatic N) is 2. The summed E-state index contributed by atoms with van der Waals surface area (Å²) in [7, 11) is 0. The Morgan fingerprint density at radius 2 is 1.00 bits per heavy atom. The quantitative estimate of drug-likeness (QED) is 0.105. The molecule has 0 saturated heterocycles. The number of alkyl halides is 1. The maximum absolute atomic E-state index is 6.18. The molecule has 9 heteroatoms. The second kappa shape index (κ2) is 18.6. The van der Waals surface area contributed by atoms with Crippen LogP contribution in [0.3, 0.4) is 0 Å². The molecule has 0 amide bonds.